The van der Waals surface area contributed by atoms with E-state index < -0.39 is 17.2 Å². The molecule has 0 aliphatic carbocycles. The smallest absolute Gasteiger partial charge is 0.256 e. The molecule has 0 bridgehead atoms. The summed E-state index contributed by atoms with van der Waals surface area (Å²) in [6.45, 7) is 3.64. The van der Waals surface area contributed by atoms with E-state index in [1.54, 1.807) is 10.6 Å². The number of aliphatic imine (C=N–C) groups is 1. The van der Waals surface area contributed by atoms with Gasteiger partial charge in [0.2, 0.25) is 11.3 Å². The van der Waals surface area contributed by atoms with E-state index in [4.69, 9.17) is 4.74 Å². The number of halogens is 1. The molecule has 11 nitrogen and oxygen atoms in total. The van der Waals surface area contributed by atoms with E-state index in [1.165, 1.54) is 12.3 Å². The van der Waals surface area contributed by atoms with Gasteiger partial charge in [-0.25, -0.2) is 4.39 Å². The fourth-order valence-electron chi connectivity index (χ4n) is 7.15. The van der Waals surface area contributed by atoms with Crippen LogP contribution in [0.5, 0.6) is 11.5 Å². The number of anilines is 1. The molecule has 3 aliphatic heterocycles. The highest BCUT2D eigenvalue weighted by Crippen LogP contribution is 2.47. The van der Waals surface area contributed by atoms with Crippen LogP contribution in [-0.2, 0) is 11.2 Å². The summed E-state index contributed by atoms with van der Waals surface area (Å²) in [6.07, 6.45) is 7.55. The van der Waals surface area contributed by atoms with Crippen LogP contribution in [-0.4, -0.2) is 77.9 Å². The maximum Gasteiger partial charge on any atom is 0.256 e. The molecule has 8 rings (SSSR count). The standard InChI is InChI=1S/C37H36FN7O4/c38-28-18-26-33-36(34(28)44-16-12-24(20-44)42-32(46)11-10-23-19-41-29-7-2-1-6-25(23)29)49-31-9-4-3-8-30(31)45(33)21-27(35(26)47)37(48)40-13-5-15-43-17-14-39-22-43/h1-4,6-9,18-19,21-22,24,41H,5,10-17,20H2,(H,40,48)(H,42,46). The molecule has 3 aromatic carbocycles. The van der Waals surface area contributed by atoms with E-state index in [-0.39, 0.29) is 34.3 Å². The number of hydrogen-bond acceptors (Lipinski definition) is 7. The predicted molar refractivity (Wildman–Crippen MR) is 187 cm³/mol. The van der Waals surface area contributed by atoms with Gasteiger partial charge < -0.3 is 34.7 Å². The van der Waals surface area contributed by atoms with Crippen LogP contribution >= 0.6 is 0 Å². The molecule has 250 valence electrons. The molecule has 3 aliphatic rings. The quantitative estimate of drug-likeness (QED) is 0.186. The largest absolute Gasteiger partial charge is 0.451 e. The fourth-order valence-corrected chi connectivity index (χ4v) is 7.15. The van der Waals surface area contributed by atoms with Gasteiger partial charge in [-0.15, -0.1) is 0 Å². The third-order valence-corrected chi connectivity index (χ3v) is 9.59. The number of aromatic nitrogens is 2. The monoisotopic (exact) mass is 661 g/mol. The highest BCUT2D eigenvalue weighted by atomic mass is 19.1. The average molecular weight is 662 g/mol. The van der Waals surface area contributed by atoms with Crippen molar-refractivity contribution in [3.05, 3.63) is 94.2 Å². The van der Waals surface area contributed by atoms with E-state index in [9.17, 15) is 14.4 Å². The Labute approximate surface area is 281 Å². The highest BCUT2D eigenvalue weighted by molar-refractivity contribution is 6.01. The molecule has 0 saturated carbocycles. The van der Waals surface area contributed by atoms with Crippen LogP contribution < -0.4 is 25.7 Å². The summed E-state index contributed by atoms with van der Waals surface area (Å²) >= 11 is 0. The minimum Gasteiger partial charge on any atom is -0.451 e. The minimum absolute atomic E-state index is 0.0628. The van der Waals surface area contributed by atoms with Crippen LogP contribution in [0.4, 0.5) is 10.1 Å². The van der Waals surface area contributed by atoms with Crippen LogP contribution in [0.2, 0.25) is 0 Å². The molecule has 3 N–H and O–H groups in total. The second-order valence-corrected chi connectivity index (χ2v) is 12.8. The van der Waals surface area contributed by atoms with Crippen LogP contribution in [0.1, 0.15) is 35.2 Å². The van der Waals surface area contributed by atoms with Crippen LogP contribution in [0.25, 0.3) is 27.5 Å². The first-order chi connectivity index (χ1) is 23.9. The number of nitrogens with one attached hydrogen (secondary N) is 3. The number of aryl methyl sites for hydroxylation is 1. The van der Waals surface area contributed by atoms with Crippen molar-refractivity contribution >= 4 is 45.6 Å². The van der Waals surface area contributed by atoms with Crippen molar-refractivity contribution in [2.24, 2.45) is 4.99 Å². The zero-order valence-corrected chi connectivity index (χ0v) is 26.9. The Balaban J connectivity index is 1.03. The Kier molecular flexibility index (Phi) is 7.98. The molecule has 1 saturated heterocycles. The molecule has 49 heavy (non-hydrogen) atoms. The van der Waals surface area contributed by atoms with E-state index in [0.717, 1.165) is 36.1 Å². The number of amides is 2. The maximum atomic E-state index is 16.2. The molecule has 2 aromatic heterocycles. The number of carbonyl (C=O) groups excluding carboxylic acids is 2. The summed E-state index contributed by atoms with van der Waals surface area (Å²) in [5.41, 5.74) is 2.77. The van der Waals surface area contributed by atoms with Gasteiger partial charge in [0, 0.05) is 68.5 Å². The van der Waals surface area contributed by atoms with Crippen molar-refractivity contribution in [1.82, 2.24) is 25.1 Å². The molecular formula is C37H36FN7O4. The molecular weight excluding hydrogens is 625 g/mol. The topological polar surface area (TPSA) is 124 Å². The second kappa shape index (κ2) is 12.8. The Morgan fingerprint density at radius 1 is 1.08 bits per heavy atom. The molecule has 2 amide bonds. The van der Waals surface area contributed by atoms with Crippen molar-refractivity contribution in [3.63, 3.8) is 0 Å². The number of hydrogen-bond donors (Lipinski definition) is 3. The zero-order valence-electron chi connectivity index (χ0n) is 26.9. The van der Waals surface area contributed by atoms with Gasteiger partial charge in [-0.2, -0.15) is 0 Å². The summed E-state index contributed by atoms with van der Waals surface area (Å²) in [6, 6.07) is 16.3. The van der Waals surface area contributed by atoms with Gasteiger partial charge in [0.05, 0.1) is 24.0 Å². The van der Waals surface area contributed by atoms with Crippen LogP contribution in [0.3, 0.4) is 0 Å². The van der Waals surface area contributed by atoms with Crippen LogP contribution in [0, 0.1) is 5.82 Å². The number of H-pyrrole nitrogens is 1. The van der Waals surface area contributed by atoms with Crippen molar-refractivity contribution in [3.8, 4) is 17.2 Å². The van der Waals surface area contributed by atoms with Gasteiger partial charge in [-0.05, 0) is 49.1 Å². The number of benzene rings is 3. The second-order valence-electron chi connectivity index (χ2n) is 12.8. The Bertz CT molecular complexity index is 2190. The lowest BCUT2D eigenvalue weighted by Gasteiger charge is -2.29. The van der Waals surface area contributed by atoms with E-state index in [0.29, 0.717) is 62.3 Å². The SMILES string of the molecule is O=C(CCc1c[nH]c2ccccc12)NC1CCN(c2c(F)cc3c(=O)c(C(=O)NCCCN4C=NCC4)cn4c3c2Oc2ccccc2-4)C1. The summed E-state index contributed by atoms with van der Waals surface area (Å²) in [4.78, 5) is 51.5. The first-order valence-corrected chi connectivity index (χ1v) is 16.8. The molecule has 1 fully saturated rings. The number of fused-ring (bicyclic) bond motifs is 3. The molecule has 12 heteroatoms. The lowest BCUT2D eigenvalue weighted by molar-refractivity contribution is -0.121. The van der Waals surface area contributed by atoms with Crippen LogP contribution in [0.15, 0.2) is 76.8 Å². The number of ether oxygens (including phenoxy) is 1. The molecule has 0 spiro atoms. The van der Waals surface area contributed by atoms with Crippen molar-refractivity contribution in [2.75, 3.05) is 44.2 Å². The van der Waals surface area contributed by atoms with E-state index >= 15 is 4.39 Å². The number of para-hydroxylation sites is 3. The Morgan fingerprint density at radius 3 is 2.82 bits per heavy atom. The Morgan fingerprint density at radius 2 is 1.94 bits per heavy atom. The van der Waals surface area contributed by atoms with Gasteiger partial charge >= 0.3 is 0 Å². The number of aromatic amines is 1. The normalized spacial score (nSPS) is 16.3. The van der Waals surface area contributed by atoms with Gasteiger partial charge in [-0.1, -0.05) is 30.3 Å². The summed E-state index contributed by atoms with van der Waals surface area (Å²) in [5, 5.41) is 7.16. The number of rotatable bonds is 10. The fraction of sp³-hybridized carbons (Fsp3) is 0.297. The molecule has 1 unspecified atom stereocenters. The summed E-state index contributed by atoms with van der Waals surface area (Å²) < 4.78 is 24.3. The first kappa shape index (κ1) is 30.7. The lowest BCUT2D eigenvalue weighted by atomic mass is 10.1. The number of pyridine rings is 1. The lowest BCUT2D eigenvalue weighted by Crippen LogP contribution is -2.37. The van der Waals surface area contributed by atoms with E-state index in [2.05, 4.69) is 25.5 Å². The third kappa shape index (κ3) is 5.77. The minimum atomic E-state index is -0.623. The molecule has 5 heterocycles. The van der Waals surface area contributed by atoms with Crippen molar-refractivity contribution < 1.29 is 18.7 Å². The van der Waals surface area contributed by atoms with Gasteiger partial charge in [0.25, 0.3) is 5.91 Å². The van der Waals surface area contributed by atoms with Crippen molar-refractivity contribution in [1.29, 1.82) is 0 Å². The third-order valence-electron chi connectivity index (χ3n) is 9.59. The molecule has 0 radical (unpaired) electrons. The Hall–Kier alpha value is -5.65. The molecule has 1 atom stereocenters. The van der Waals surface area contributed by atoms with Crippen molar-refractivity contribution in [2.45, 2.75) is 31.7 Å². The van der Waals surface area contributed by atoms with Gasteiger partial charge in [-0.3, -0.25) is 19.4 Å². The first-order valence-electron chi connectivity index (χ1n) is 16.8. The van der Waals surface area contributed by atoms with E-state index in [1.807, 2.05) is 59.9 Å². The summed E-state index contributed by atoms with van der Waals surface area (Å²) in [5.74, 6) is -0.500. The van der Waals surface area contributed by atoms with Gasteiger partial charge in [0.15, 0.2) is 17.3 Å². The highest BCUT2D eigenvalue weighted by Gasteiger charge is 2.33. The number of carbonyl (C=O) groups is 2. The maximum absolute atomic E-state index is 16.2. The number of nitrogens with zero attached hydrogens (tertiary/aromatic N) is 4. The van der Waals surface area contributed by atoms with Gasteiger partial charge in [0.1, 0.15) is 16.8 Å². The average Bonchev–Trinajstić information content (AvgIpc) is 3.89. The zero-order chi connectivity index (χ0) is 33.5. The summed E-state index contributed by atoms with van der Waals surface area (Å²) in [7, 11) is 0. The predicted octanol–water partition coefficient (Wildman–Crippen LogP) is 4.51. The molecule has 5 aromatic rings.